The molecule has 3 heteroatoms. The van der Waals surface area contributed by atoms with Gasteiger partial charge in [0.2, 0.25) is 5.91 Å². The molecule has 0 aliphatic heterocycles. The largest absolute Gasteiger partial charge is 0.353 e. The zero-order valence-electron chi connectivity index (χ0n) is 13.8. The molecule has 0 atom stereocenters. The molecule has 0 spiro atoms. The second kappa shape index (κ2) is 14.6. The number of unbranched alkanes of at least 4 members (excludes halogenated alkanes) is 7. The monoisotopic (exact) mass is 282 g/mol. The highest BCUT2D eigenvalue weighted by Crippen LogP contribution is 2.08. The minimum Gasteiger partial charge on any atom is -0.353 e. The lowest BCUT2D eigenvalue weighted by molar-refractivity contribution is -0.116. The molecule has 0 aliphatic rings. The van der Waals surface area contributed by atoms with E-state index in [-0.39, 0.29) is 5.91 Å². The van der Waals surface area contributed by atoms with E-state index < -0.39 is 0 Å². The Morgan fingerprint density at radius 3 is 2.30 bits per heavy atom. The second-order valence-electron chi connectivity index (χ2n) is 5.76. The molecule has 1 N–H and O–H groups in total. The predicted molar refractivity (Wildman–Crippen MR) is 87.9 cm³/mol. The number of hydrogen-bond donors (Lipinski definition) is 1. The summed E-state index contributed by atoms with van der Waals surface area (Å²) in [6.07, 6.45) is 15.0. The van der Waals surface area contributed by atoms with Gasteiger partial charge < -0.3 is 10.2 Å². The van der Waals surface area contributed by atoms with Crippen molar-refractivity contribution in [3.63, 3.8) is 0 Å². The SMILES string of the molecule is CCCCCCCCCC=CC(=O)NCCCN(C)C. The van der Waals surface area contributed by atoms with E-state index in [1.165, 1.54) is 44.9 Å². The lowest BCUT2D eigenvalue weighted by Crippen LogP contribution is -2.25. The first kappa shape index (κ1) is 19.2. The maximum absolute atomic E-state index is 11.5. The van der Waals surface area contributed by atoms with Crippen LogP contribution in [0.3, 0.4) is 0 Å². The number of carbonyl (C=O) groups excluding carboxylic acids is 1. The fraction of sp³-hybridized carbons (Fsp3) is 0.824. The van der Waals surface area contributed by atoms with Crippen molar-refractivity contribution in [2.45, 2.75) is 64.7 Å². The highest BCUT2D eigenvalue weighted by Gasteiger charge is 1.95. The summed E-state index contributed by atoms with van der Waals surface area (Å²) in [4.78, 5) is 13.6. The average Bonchev–Trinajstić information content (AvgIpc) is 2.41. The summed E-state index contributed by atoms with van der Waals surface area (Å²) in [5.74, 6) is 0.0479. The van der Waals surface area contributed by atoms with E-state index in [0.29, 0.717) is 0 Å². The molecule has 0 rings (SSSR count). The van der Waals surface area contributed by atoms with Gasteiger partial charge in [-0.15, -0.1) is 0 Å². The first-order valence-corrected chi connectivity index (χ1v) is 8.26. The minimum atomic E-state index is 0.0479. The van der Waals surface area contributed by atoms with Gasteiger partial charge in [-0.3, -0.25) is 4.79 Å². The summed E-state index contributed by atoms with van der Waals surface area (Å²) >= 11 is 0. The average molecular weight is 282 g/mol. The van der Waals surface area contributed by atoms with Crippen molar-refractivity contribution in [3.05, 3.63) is 12.2 Å². The van der Waals surface area contributed by atoms with E-state index >= 15 is 0 Å². The summed E-state index contributed by atoms with van der Waals surface area (Å²) < 4.78 is 0. The van der Waals surface area contributed by atoms with Crippen LogP contribution in [-0.4, -0.2) is 38.0 Å². The van der Waals surface area contributed by atoms with Crippen LogP contribution in [0.1, 0.15) is 64.7 Å². The van der Waals surface area contributed by atoms with Crippen molar-refractivity contribution in [1.82, 2.24) is 10.2 Å². The number of nitrogens with zero attached hydrogens (tertiary/aromatic N) is 1. The molecule has 0 radical (unpaired) electrons. The van der Waals surface area contributed by atoms with Crippen LogP contribution in [0.15, 0.2) is 12.2 Å². The quantitative estimate of drug-likeness (QED) is 0.412. The molecule has 0 saturated heterocycles. The van der Waals surface area contributed by atoms with Crippen LogP contribution in [-0.2, 0) is 4.79 Å². The van der Waals surface area contributed by atoms with Gasteiger partial charge >= 0.3 is 0 Å². The van der Waals surface area contributed by atoms with Gasteiger partial charge in [0.1, 0.15) is 0 Å². The van der Waals surface area contributed by atoms with E-state index in [0.717, 1.165) is 25.9 Å². The van der Waals surface area contributed by atoms with Gasteiger partial charge in [-0.2, -0.15) is 0 Å². The highest BCUT2D eigenvalue weighted by molar-refractivity contribution is 5.87. The predicted octanol–water partition coefficient (Wildman–Crippen LogP) is 3.75. The Hall–Kier alpha value is -0.830. The van der Waals surface area contributed by atoms with Crippen molar-refractivity contribution < 1.29 is 4.79 Å². The van der Waals surface area contributed by atoms with Gasteiger partial charge in [0.25, 0.3) is 0 Å². The topological polar surface area (TPSA) is 32.3 Å². The summed E-state index contributed by atoms with van der Waals surface area (Å²) in [6.45, 7) is 4.02. The van der Waals surface area contributed by atoms with Gasteiger partial charge in [-0.05, 0) is 46.0 Å². The lowest BCUT2D eigenvalue weighted by Gasteiger charge is -2.08. The van der Waals surface area contributed by atoms with Crippen LogP contribution in [0, 0.1) is 0 Å². The Balaban J connectivity index is 3.30. The second-order valence-corrected chi connectivity index (χ2v) is 5.76. The fourth-order valence-electron chi connectivity index (χ4n) is 2.08. The van der Waals surface area contributed by atoms with Gasteiger partial charge in [0.15, 0.2) is 0 Å². The third-order valence-electron chi connectivity index (χ3n) is 3.32. The smallest absolute Gasteiger partial charge is 0.243 e. The van der Waals surface area contributed by atoms with E-state index in [1.807, 2.05) is 20.2 Å². The molecule has 0 fully saturated rings. The van der Waals surface area contributed by atoms with Gasteiger partial charge in [0, 0.05) is 6.54 Å². The van der Waals surface area contributed by atoms with Crippen molar-refractivity contribution in [1.29, 1.82) is 0 Å². The maximum Gasteiger partial charge on any atom is 0.243 e. The van der Waals surface area contributed by atoms with E-state index in [1.54, 1.807) is 6.08 Å². The molecule has 0 aromatic heterocycles. The molecule has 20 heavy (non-hydrogen) atoms. The summed E-state index contributed by atoms with van der Waals surface area (Å²) in [5.41, 5.74) is 0. The number of hydrogen-bond acceptors (Lipinski definition) is 2. The molecule has 0 aromatic carbocycles. The van der Waals surface area contributed by atoms with Crippen LogP contribution in [0.4, 0.5) is 0 Å². The molecule has 0 unspecified atom stereocenters. The van der Waals surface area contributed by atoms with E-state index in [2.05, 4.69) is 17.1 Å². The number of carbonyl (C=O) groups is 1. The number of rotatable bonds is 13. The molecule has 0 bridgehead atoms. The zero-order valence-corrected chi connectivity index (χ0v) is 13.8. The van der Waals surface area contributed by atoms with Crippen molar-refractivity contribution in [3.8, 4) is 0 Å². The Morgan fingerprint density at radius 1 is 1.00 bits per heavy atom. The lowest BCUT2D eigenvalue weighted by atomic mass is 10.1. The summed E-state index contributed by atoms with van der Waals surface area (Å²) in [5, 5.41) is 2.91. The van der Waals surface area contributed by atoms with Gasteiger partial charge in [-0.1, -0.05) is 51.5 Å². The normalized spacial score (nSPS) is 11.4. The molecule has 0 aromatic rings. The Kier molecular flexibility index (Phi) is 14.0. The van der Waals surface area contributed by atoms with Crippen LogP contribution >= 0.6 is 0 Å². The van der Waals surface area contributed by atoms with Crippen molar-refractivity contribution in [2.75, 3.05) is 27.2 Å². The Labute approximate surface area is 125 Å². The highest BCUT2D eigenvalue weighted by atomic mass is 16.1. The third-order valence-corrected chi connectivity index (χ3v) is 3.32. The van der Waals surface area contributed by atoms with Gasteiger partial charge in [-0.25, -0.2) is 0 Å². The van der Waals surface area contributed by atoms with E-state index in [4.69, 9.17) is 0 Å². The molecule has 0 heterocycles. The fourth-order valence-corrected chi connectivity index (χ4v) is 2.08. The van der Waals surface area contributed by atoms with Crippen LogP contribution < -0.4 is 5.32 Å². The molecule has 0 saturated carbocycles. The Morgan fingerprint density at radius 2 is 1.65 bits per heavy atom. The molecular weight excluding hydrogens is 248 g/mol. The maximum atomic E-state index is 11.5. The standard InChI is InChI=1S/C17H34N2O/c1-4-5-6-7-8-9-10-11-12-14-17(20)18-15-13-16-19(2)3/h12,14H,4-11,13,15-16H2,1-3H3,(H,18,20). The number of amides is 1. The first-order chi connectivity index (χ1) is 9.66. The minimum absolute atomic E-state index is 0.0479. The van der Waals surface area contributed by atoms with Gasteiger partial charge in [0.05, 0.1) is 0 Å². The van der Waals surface area contributed by atoms with Crippen LogP contribution in [0.5, 0.6) is 0 Å². The molecule has 0 aliphatic carbocycles. The van der Waals surface area contributed by atoms with Crippen molar-refractivity contribution in [2.24, 2.45) is 0 Å². The van der Waals surface area contributed by atoms with E-state index in [9.17, 15) is 4.79 Å². The van der Waals surface area contributed by atoms with Crippen molar-refractivity contribution >= 4 is 5.91 Å². The van der Waals surface area contributed by atoms with Crippen LogP contribution in [0.25, 0.3) is 0 Å². The molecule has 118 valence electrons. The Bertz CT molecular complexity index is 249. The molecule has 3 nitrogen and oxygen atoms in total. The van der Waals surface area contributed by atoms with Crippen LogP contribution in [0.2, 0.25) is 0 Å². The summed E-state index contributed by atoms with van der Waals surface area (Å²) in [6, 6.07) is 0. The third kappa shape index (κ3) is 15.2. The summed E-state index contributed by atoms with van der Waals surface area (Å²) in [7, 11) is 4.09. The molecule has 1 amide bonds. The zero-order chi connectivity index (χ0) is 15.1. The molecular formula is C17H34N2O. The number of nitrogens with one attached hydrogen (secondary N) is 1. The first-order valence-electron chi connectivity index (χ1n) is 8.26. The number of allylic oxidation sites excluding steroid dienone is 1.